The summed E-state index contributed by atoms with van der Waals surface area (Å²) in [7, 11) is 0. The third-order valence-electron chi connectivity index (χ3n) is 7.17. The first-order valence-electron chi connectivity index (χ1n) is 15.7. The predicted octanol–water partition coefficient (Wildman–Crippen LogP) is 4.73. The summed E-state index contributed by atoms with van der Waals surface area (Å²) < 4.78 is 5.32. The summed E-state index contributed by atoms with van der Waals surface area (Å²) in [5, 5.41) is 3.24. The van der Waals surface area contributed by atoms with Crippen LogP contribution in [0.4, 0.5) is 0 Å². The van der Waals surface area contributed by atoms with Crippen molar-refractivity contribution in [2.24, 2.45) is 11.5 Å². The Bertz CT molecular complexity index is 772. The van der Waals surface area contributed by atoms with Crippen molar-refractivity contribution < 1.29 is 18.8 Å². The summed E-state index contributed by atoms with van der Waals surface area (Å²) >= 11 is 0. The fourth-order valence-corrected chi connectivity index (χ4v) is 4.76. The largest absolute Gasteiger partial charge is 0.467 e. The Labute approximate surface area is 242 Å². The first-order chi connectivity index (χ1) is 19.5. The Balaban J connectivity index is 2.26. The zero-order chi connectivity index (χ0) is 29.3. The van der Waals surface area contributed by atoms with Gasteiger partial charge in [-0.1, -0.05) is 90.4 Å². The number of nitrogens with one attached hydrogen (secondary N) is 1. The lowest BCUT2D eigenvalue weighted by atomic mass is 10.0. The second kappa shape index (κ2) is 24.4. The van der Waals surface area contributed by atoms with Crippen molar-refractivity contribution in [3.05, 3.63) is 24.2 Å². The molecule has 1 aromatic heterocycles. The van der Waals surface area contributed by atoms with Crippen LogP contribution >= 0.6 is 0 Å². The van der Waals surface area contributed by atoms with E-state index < -0.39 is 5.91 Å². The van der Waals surface area contributed by atoms with Crippen LogP contribution in [0.25, 0.3) is 0 Å². The molecule has 9 nitrogen and oxygen atoms in total. The first-order valence-corrected chi connectivity index (χ1v) is 15.7. The van der Waals surface area contributed by atoms with E-state index in [0.717, 1.165) is 25.8 Å². The lowest BCUT2D eigenvalue weighted by Gasteiger charge is -2.27. The number of rotatable bonds is 27. The number of carbonyl (C=O) groups excluding carboxylic acids is 3. The standard InChI is InChI=1S/C31H57N5O4/c1-2-3-4-5-6-7-8-9-10-11-12-13-14-16-21-34-24-30(38)35(22-17-15-20-32)27-31(39)36(26-29(33)37)25-28-19-18-23-40-28/h18-19,23,34H,2-17,20-22,24-27,32H2,1H3,(H2,33,37). The molecule has 230 valence electrons. The summed E-state index contributed by atoms with van der Waals surface area (Å²) in [5.74, 6) is -0.544. The lowest BCUT2D eigenvalue weighted by molar-refractivity contribution is -0.142. The fourth-order valence-electron chi connectivity index (χ4n) is 4.76. The van der Waals surface area contributed by atoms with E-state index >= 15 is 0 Å². The molecule has 9 heteroatoms. The van der Waals surface area contributed by atoms with E-state index in [9.17, 15) is 14.4 Å². The zero-order valence-corrected chi connectivity index (χ0v) is 25.2. The minimum Gasteiger partial charge on any atom is -0.467 e. The molecule has 5 N–H and O–H groups in total. The van der Waals surface area contributed by atoms with Crippen LogP contribution in [-0.4, -0.2) is 66.8 Å². The van der Waals surface area contributed by atoms with E-state index in [1.165, 1.54) is 88.2 Å². The highest BCUT2D eigenvalue weighted by atomic mass is 16.3. The third-order valence-corrected chi connectivity index (χ3v) is 7.17. The van der Waals surface area contributed by atoms with Crippen molar-refractivity contribution in [1.29, 1.82) is 0 Å². The fraction of sp³-hybridized carbons (Fsp3) is 0.774. The number of primary amides is 1. The molecule has 0 fully saturated rings. The topological polar surface area (TPSA) is 135 Å². The van der Waals surface area contributed by atoms with Gasteiger partial charge in [-0.25, -0.2) is 0 Å². The molecule has 0 radical (unpaired) electrons. The summed E-state index contributed by atoms with van der Waals surface area (Å²) in [6, 6.07) is 3.45. The minimum atomic E-state index is -0.615. The Morgan fingerprint density at radius 3 is 1.90 bits per heavy atom. The van der Waals surface area contributed by atoms with Gasteiger partial charge < -0.3 is 31.0 Å². The van der Waals surface area contributed by atoms with E-state index in [-0.39, 0.29) is 38.0 Å². The molecule has 40 heavy (non-hydrogen) atoms. The van der Waals surface area contributed by atoms with Crippen molar-refractivity contribution in [3.8, 4) is 0 Å². The van der Waals surface area contributed by atoms with Gasteiger partial charge in [0, 0.05) is 6.54 Å². The van der Waals surface area contributed by atoms with Crippen LogP contribution < -0.4 is 16.8 Å². The number of carbonyl (C=O) groups is 3. The van der Waals surface area contributed by atoms with Crippen LogP contribution in [-0.2, 0) is 20.9 Å². The van der Waals surface area contributed by atoms with Crippen LogP contribution in [0.3, 0.4) is 0 Å². The van der Waals surface area contributed by atoms with E-state index in [1.807, 2.05) is 0 Å². The molecule has 1 aromatic rings. The third kappa shape index (κ3) is 18.8. The van der Waals surface area contributed by atoms with Gasteiger partial charge in [-0.15, -0.1) is 0 Å². The summed E-state index contributed by atoms with van der Waals surface area (Å²) in [6.45, 7) is 3.96. The highest BCUT2D eigenvalue weighted by molar-refractivity contribution is 5.88. The number of hydrogen-bond acceptors (Lipinski definition) is 6. The van der Waals surface area contributed by atoms with Gasteiger partial charge in [0.25, 0.3) is 0 Å². The molecule has 0 aromatic carbocycles. The maximum atomic E-state index is 13.0. The molecule has 0 saturated heterocycles. The SMILES string of the molecule is CCCCCCCCCCCCCCCCNCC(=O)N(CCCCN)CC(=O)N(CC(N)=O)Cc1ccco1. The quantitative estimate of drug-likeness (QED) is 0.132. The maximum absolute atomic E-state index is 13.0. The number of amides is 3. The van der Waals surface area contributed by atoms with Gasteiger partial charge in [-0.05, 0) is 44.5 Å². The summed E-state index contributed by atoms with van der Waals surface area (Å²) in [4.78, 5) is 40.4. The number of furan rings is 1. The predicted molar refractivity (Wildman–Crippen MR) is 161 cm³/mol. The van der Waals surface area contributed by atoms with Gasteiger partial charge in [0.1, 0.15) is 5.76 Å². The van der Waals surface area contributed by atoms with Crippen molar-refractivity contribution in [2.75, 3.05) is 39.3 Å². The van der Waals surface area contributed by atoms with Crippen molar-refractivity contribution in [2.45, 2.75) is 116 Å². The average molecular weight is 564 g/mol. The Morgan fingerprint density at radius 2 is 1.38 bits per heavy atom. The molecule has 0 atom stereocenters. The molecule has 1 heterocycles. The molecule has 0 aliphatic carbocycles. The number of nitrogens with zero attached hydrogens (tertiary/aromatic N) is 2. The van der Waals surface area contributed by atoms with E-state index in [0.29, 0.717) is 25.3 Å². The molecule has 0 spiro atoms. The molecule has 0 unspecified atom stereocenters. The van der Waals surface area contributed by atoms with Gasteiger partial charge >= 0.3 is 0 Å². The smallest absolute Gasteiger partial charge is 0.243 e. The van der Waals surface area contributed by atoms with Crippen molar-refractivity contribution in [1.82, 2.24) is 15.1 Å². The first kappa shape index (κ1) is 35.6. The molecule has 1 rings (SSSR count). The highest BCUT2D eigenvalue weighted by Gasteiger charge is 2.23. The van der Waals surface area contributed by atoms with E-state index in [4.69, 9.17) is 15.9 Å². The maximum Gasteiger partial charge on any atom is 0.243 e. The molecule has 0 bridgehead atoms. The van der Waals surface area contributed by atoms with E-state index in [1.54, 1.807) is 17.0 Å². The van der Waals surface area contributed by atoms with Crippen LogP contribution in [0.5, 0.6) is 0 Å². The Kier molecular flexibility index (Phi) is 21.7. The lowest BCUT2D eigenvalue weighted by Crippen LogP contribution is -2.47. The van der Waals surface area contributed by atoms with Gasteiger partial charge in [0.2, 0.25) is 17.7 Å². The van der Waals surface area contributed by atoms with Crippen LogP contribution in [0, 0.1) is 0 Å². The molecular weight excluding hydrogens is 506 g/mol. The van der Waals surface area contributed by atoms with Gasteiger partial charge in [0.05, 0.1) is 32.4 Å². The molecule has 0 aliphatic rings. The van der Waals surface area contributed by atoms with Crippen LogP contribution in [0.1, 0.15) is 115 Å². The van der Waals surface area contributed by atoms with Crippen LogP contribution in [0.15, 0.2) is 22.8 Å². The number of unbranched alkanes of at least 4 members (excludes halogenated alkanes) is 14. The minimum absolute atomic E-state index is 0.113. The molecular formula is C31H57N5O4. The number of hydrogen-bond donors (Lipinski definition) is 3. The summed E-state index contributed by atoms with van der Waals surface area (Å²) in [5.41, 5.74) is 11.0. The van der Waals surface area contributed by atoms with Gasteiger partial charge in [-0.3, -0.25) is 14.4 Å². The Morgan fingerprint density at radius 1 is 0.775 bits per heavy atom. The number of nitrogens with two attached hydrogens (primary N) is 2. The molecule has 0 aliphatic heterocycles. The molecule has 0 saturated carbocycles. The summed E-state index contributed by atoms with van der Waals surface area (Å²) in [6.07, 6.45) is 21.4. The van der Waals surface area contributed by atoms with Crippen molar-refractivity contribution in [3.63, 3.8) is 0 Å². The average Bonchev–Trinajstić information content (AvgIpc) is 3.44. The van der Waals surface area contributed by atoms with Gasteiger partial charge in [-0.2, -0.15) is 0 Å². The zero-order valence-electron chi connectivity index (χ0n) is 25.2. The van der Waals surface area contributed by atoms with Crippen LogP contribution in [0.2, 0.25) is 0 Å². The Hall–Kier alpha value is -2.39. The van der Waals surface area contributed by atoms with Gasteiger partial charge in [0.15, 0.2) is 0 Å². The second-order valence-electron chi connectivity index (χ2n) is 10.9. The van der Waals surface area contributed by atoms with Crippen molar-refractivity contribution >= 4 is 17.7 Å². The second-order valence-corrected chi connectivity index (χ2v) is 10.9. The van der Waals surface area contributed by atoms with E-state index in [2.05, 4.69) is 12.2 Å². The molecule has 3 amide bonds. The highest BCUT2D eigenvalue weighted by Crippen LogP contribution is 2.13. The monoisotopic (exact) mass is 563 g/mol. The normalized spacial score (nSPS) is 11.1.